The van der Waals surface area contributed by atoms with Crippen molar-refractivity contribution in [3.05, 3.63) is 39.9 Å². The van der Waals surface area contributed by atoms with Crippen LogP contribution in [0.15, 0.2) is 24.3 Å². The van der Waals surface area contributed by atoms with E-state index in [0.29, 0.717) is 24.9 Å². The number of morpholine rings is 1. The molecule has 1 spiro atoms. The Morgan fingerprint density at radius 2 is 1.96 bits per heavy atom. The van der Waals surface area contributed by atoms with Gasteiger partial charge in [-0.15, -0.1) is 0 Å². The normalized spacial score (nSPS) is 32.8. The van der Waals surface area contributed by atoms with Crippen molar-refractivity contribution in [2.75, 3.05) is 13.6 Å². The number of nitro benzene ring substituents is 1. The molecule has 0 N–H and O–H groups in total. The van der Waals surface area contributed by atoms with Crippen molar-refractivity contribution in [3.63, 3.8) is 0 Å². The minimum atomic E-state index is -0.485. The molecule has 2 bridgehead atoms. The lowest BCUT2D eigenvalue weighted by Crippen LogP contribution is -2.63. The van der Waals surface area contributed by atoms with Gasteiger partial charge in [0.1, 0.15) is 6.10 Å². The van der Waals surface area contributed by atoms with Crippen molar-refractivity contribution < 1.29 is 19.2 Å². The fourth-order valence-electron chi connectivity index (χ4n) is 5.05. The maximum Gasteiger partial charge on any atom is 0.270 e. The zero-order valence-corrected chi connectivity index (χ0v) is 15.5. The van der Waals surface area contributed by atoms with Crippen LogP contribution in [-0.2, 0) is 9.53 Å². The van der Waals surface area contributed by atoms with Crippen molar-refractivity contribution >= 4 is 17.5 Å². The molecule has 4 rings (SSSR count). The van der Waals surface area contributed by atoms with Crippen LogP contribution >= 0.6 is 0 Å². The van der Waals surface area contributed by atoms with Gasteiger partial charge in [-0.2, -0.15) is 0 Å². The summed E-state index contributed by atoms with van der Waals surface area (Å²) in [6.07, 6.45) is 2.69. The molecule has 3 fully saturated rings. The smallest absolute Gasteiger partial charge is 0.270 e. The molecule has 3 saturated heterocycles. The quantitative estimate of drug-likeness (QED) is 0.584. The molecule has 1 aromatic carbocycles. The number of rotatable bonds is 2. The van der Waals surface area contributed by atoms with Crippen LogP contribution in [0.25, 0.3) is 0 Å². The number of hydrogen-bond donors (Lipinski definition) is 0. The number of nitrogens with zero attached hydrogens (tertiary/aromatic N) is 3. The molecule has 3 unspecified atom stereocenters. The van der Waals surface area contributed by atoms with Crippen molar-refractivity contribution in [1.82, 2.24) is 9.80 Å². The van der Waals surface area contributed by atoms with E-state index in [9.17, 15) is 19.7 Å². The Bertz CT molecular complexity index is 780. The molecule has 3 heterocycles. The summed E-state index contributed by atoms with van der Waals surface area (Å²) in [7, 11) is 1.80. The van der Waals surface area contributed by atoms with Gasteiger partial charge in [0.15, 0.2) is 0 Å². The summed E-state index contributed by atoms with van der Waals surface area (Å²) in [4.78, 5) is 39.3. The van der Waals surface area contributed by atoms with Crippen LogP contribution in [0.4, 0.5) is 5.69 Å². The van der Waals surface area contributed by atoms with E-state index in [2.05, 4.69) is 0 Å². The Morgan fingerprint density at radius 1 is 1.30 bits per heavy atom. The third-order valence-electron chi connectivity index (χ3n) is 6.05. The summed E-state index contributed by atoms with van der Waals surface area (Å²) < 4.78 is 6.14. The Labute approximate surface area is 157 Å². The molecule has 1 aromatic rings. The van der Waals surface area contributed by atoms with E-state index < -0.39 is 16.6 Å². The zero-order valence-electron chi connectivity index (χ0n) is 15.5. The van der Waals surface area contributed by atoms with Crippen molar-refractivity contribution in [3.8, 4) is 0 Å². The Morgan fingerprint density at radius 3 is 2.56 bits per heavy atom. The minimum Gasteiger partial charge on any atom is -0.360 e. The number of benzene rings is 1. The first-order chi connectivity index (χ1) is 12.8. The second kappa shape index (κ2) is 6.30. The van der Waals surface area contributed by atoms with Crippen LogP contribution in [0.3, 0.4) is 0 Å². The van der Waals surface area contributed by atoms with Crippen molar-refractivity contribution in [2.24, 2.45) is 0 Å². The third kappa shape index (κ3) is 2.97. The van der Waals surface area contributed by atoms with E-state index in [0.717, 1.165) is 12.8 Å². The van der Waals surface area contributed by atoms with Gasteiger partial charge in [-0.1, -0.05) is 6.07 Å². The first kappa shape index (κ1) is 17.9. The van der Waals surface area contributed by atoms with Gasteiger partial charge in [0.2, 0.25) is 0 Å². The molecular formula is C19H23N3O5. The largest absolute Gasteiger partial charge is 0.360 e. The predicted octanol–water partition coefficient (Wildman–Crippen LogP) is 1.98. The highest BCUT2D eigenvalue weighted by Gasteiger charge is 2.54. The maximum atomic E-state index is 13.1. The Hall–Kier alpha value is -2.48. The van der Waals surface area contributed by atoms with E-state index >= 15 is 0 Å². The van der Waals surface area contributed by atoms with Gasteiger partial charge in [0.05, 0.1) is 10.5 Å². The lowest BCUT2D eigenvalue weighted by Gasteiger charge is -2.51. The van der Waals surface area contributed by atoms with Crippen molar-refractivity contribution in [2.45, 2.75) is 56.4 Å². The fraction of sp³-hybridized carbons (Fsp3) is 0.579. The number of non-ortho nitro benzene ring substituents is 1. The highest BCUT2D eigenvalue weighted by Crippen LogP contribution is 2.45. The number of piperidine rings is 1. The summed E-state index contributed by atoms with van der Waals surface area (Å²) in [5, 5.41) is 11.0. The average molecular weight is 373 g/mol. The van der Waals surface area contributed by atoms with E-state index in [1.165, 1.54) is 12.1 Å². The second-order valence-electron chi connectivity index (χ2n) is 7.95. The monoisotopic (exact) mass is 373 g/mol. The minimum absolute atomic E-state index is 0.0110. The standard InChI is InChI=1S/C19H23N3O5/c1-12-17(23)20(2)11-19(27-12)9-15-6-7-16(10-19)21(15)18(24)13-4-3-5-14(8-13)22(25)26/h3-5,8,12,15-16H,6-7,9-11H2,1-2H3. The van der Waals surface area contributed by atoms with Gasteiger partial charge in [-0.25, -0.2) is 0 Å². The van der Waals surface area contributed by atoms with Gasteiger partial charge >= 0.3 is 0 Å². The number of carbonyl (C=O) groups excluding carboxylic acids is 2. The van der Waals surface area contributed by atoms with Crippen LogP contribution in [0.5, 0.6) is 0 Å². The number of hydrogen-bond acceptors (Lipinski definition) is 5. The number of carbonyl (C=O) groups is 2. The summed E-state index contributed by atoms with van der Waals surface area (Å²) in [6, 6.07) is 5.97. The average Bonchev–Trinajstić information content (AvgIpc) is 2.91. The molecule has 2 amide bonds. The van der Waals surface area contributed by atoms with Crippen LogP contribution in [-0.4, -0.2) is 63.9 Å². The van der Waals surface area contributed by atoms with Crippen molar-refractivity contribution in [1.29, 1.82) is 0 Å². The zero-order chi connectivity index (χ0) is 19.3. The summed E-state index contributed by atoms with van der Waals surface area (Å²) >= 11 is 0. The number of likely N-dealkylation sites (N-methyl/N-ethyl adjacent to an activating group) is 1. The lowest BCUT2D eigenvalue weighted by atomic mass is 9.83. The van der Waals surface area contributed by atoms with E-state index in [4.69, 9.17) is 4.74 Å². The molecule has 8 nitrogen and oxygen atoms in total. The number of amides is 2. The fourth-order valence-corrected chi connectivity index (χ4v) is 5.05. The molecular weight excluding hydrogens is 350 g/mol. The molecule has 3 atom stereocenters. The number of ether oxygens (including phenoxy) is 1. The second-order valence-corrected chi connectivity index (χ2v) is 7.95. The lowest BCUT2D eigenvalue weighted by molar-refractivity contribution is -0.384. The molecule has 3 aliphatic heterocycles. The molecule has 0 radical (unpaired) electrons. The van der Waals surface area contributed by atoms with Gasteiger partial charge in [-0.3, -0.25) is 19.7 Å². The van der Waals surface area contributed by atoms with Crippen LogP contribution < -0.4 is 0 Å². The van der Waals surface area contributed by atoms with E-state index in [1.54, 1.807) is 31.0 Å². The van der Waals surface area contributed by atoms with Gasteiger partial charge in [0.25, 0.3) is 17.5 Å². The van der Waals surface area contributed by atoms with Gasteiger partial charge in [0, 0.05) is 43.4 Å². The van der Waals surface area contributed by atoms with E-state index in [-0.39, 0.29) is 29.6 Å². The molecule has 8 heteroatoms. The van der Waals surface area contributed by atoms with Crippen LogP contribution in [0.1, 0.15) is 43.0 Å². The van der Waals surface area contributed by atoms with Crippen LogP contribution in [0, 0.1) is 10.1 Å². The summed E-state index contributed by atoms with van der Waals surface area (Å²) in [6.45, 7) is 2.32. The first-order valence-electron chi connectivity index (χ1n) is 9.29. The highest BCUT2D eigenvalue weighted by atomic mass is 16.6. The Kier molecular flexibility index (Phi) is 4.18. The van der Waals surface area contributed by atoms with Gasteiger partial charge < -0.3 is 14.5 Å². The predicted molar refractivity (Wildman–Crippen MR) is 96.2 cm³/mol. The first-order valence-corrected chi connectivity index (χ1v) is 9.29. The van der Waals surface area contributed by atoms with Gasteiger partial charge in [-0.05, 0) is 38.7 Å². The third-order valence-corrected chi connectivity index (χ3v) is 6.05. The number of nitro groups is 1. The maximum absolute atomic E-state index is 13.1. The topological polar surface area (TPSA) is 93.0 Å². The van der Waals surface area contributed by atoms with Crippen LogP contribution in [0.2, 0.25) is 0 Å². The summed E-state index contributed by atoms with van der Waals surface area (Å²) in [5.74, 6) is -0.169. The molecule has 27 heavy (non-hydrogen) atoms. The number of fused-ring (bicyclic) bond motifs is 2. The Balaban J connectivity index is 1.56. The molecule has 0 aliphatic carbocycles. The molecule has 3 aliphatic rings. The summed E-state index contributed by atoms with van der Waals surface area (Å²) in [5.41, 5.74) is -0.138. The molecule has 0 saturated carbocycles. The van der Waals surface area contributed by atoms with E-state index in [1.807, 2.05) is 4.90 Å². The molecule has 0 aromatic heterocycles. The molecule has 144 valence electrons. The SMILES string of the molecule is CC1OC2(CC3CCC(C2)N3C(=O)c2cccc([N+](=O)[O-])c2)CN(C)C1=O. The highest BCUT2D eigenvalue weighted by molar-refractivity contribution is 5.95.